The average Bonchev–Trinajstić information content (AvgIpc) is 2.46. The Hall–Kier alpha value is -1.27. The molecule has 1 saturated heterocycles. The monoisotopic (exact) mass is 413 g/mol. The molecule has 0 saturated carbocycles. The fourth-order valence-electron chi connectivity index (χ4n) is 3.32. The van der Waals surface area contributed by atoms with Crippen molar-refractivity contribution in [1.82, 2.24) is 0 Å². The molecule has 7 heteroatoms. The van der Waals surface area contributed by atoms with Gasteiger partial charge in [0.05, 0.1) is 28.6 Å². The lowest BCUT2D eigenvalue weighted by atomic mass is 9.87. The van der Waals surface area contributed by atoms with E-state index in [0.29, 0.717) is 16.0 Å². The van der Waals surface area contributed by atoms with Crippen molar-refractivity contribution in [2.45, 2.75) is 26.4 Å². The number of hydrogen-bond donors (Lipinski definition) is 0. The molecule has 1 aliphatic rings. The van der Waals surface area contributed by atoms with E-state index in [-0.39, 0.29) is 6.61 Å². The third-order valence-electron chi connectivity index (χ3n) is 4.74. The van der Waals surface area contributed by atoms with Crippen LogP contribution in [0.25, 0.3) is 0 Å². The summed E-state index contributed by atoms with van der Waals surface area (Å²) in [6.45, 7) is 5.74. The molecule has 2 aromatic carbocycles. The molecule has 0 aromatic heterocycles. The van der Waals surface area contributed by atoms with Gasteiger partial charge in [0, 0.05) is 19.0 Å². The fraction of sp³-hybridized carbons (Fsp3) is 0.368. The highest BCUT2D eigenvalue weighted by Crippen LogP contribution is 2.40. The maximum Gasteiger partial charge on any atom is 0.264 e. The van der Waals surface area contributed by atoms with Crippen molar-refractivity contribution in [2.24, 2.45) is 0 Å². The molecule has 0 bridgehead atoms. The molecule has 1 fully saturated rings. The standard InChI is InChI=1S/C19H21Cl2NO3S/c1-12-7-14(8-13(2)16(12)11-25-26(3,23)24)15-9-22(10-15)19-17(20)5-4-6-18(19)21/h4-8,15H,9-11H2,1-3H3. The molecule has 0 atom stereocenters. The van der Waals surface area contributed by atoms with Crippen molar-refractivity contribution in [3.8, 4) is 0 Å². The summed E-state index contributed by atoms with van der Waals surface area (Å²) < 4.78 is 27.4. The van der Waals surface area contributed by atoms with Crippen LogP contribution >= 0.6 is 23.2 Å². The van der Waals surface area contributed by atoms with Crippen LogP contribution in [-0.2, 0) is 20.9 Å². The quantitative estimate of drug-likeness (QED) is 0.666. The van der Waals surface area contributed by atoms with Crippen molar-refractivity contribution in [1.29, 1.82) is 0 Å². The van der Waals surface area contributed by atoms with Crippen molar-refractivity contribution in [3.63, 3.8) is 0 Å². The molecular formula is C19H21Cl2NO3S. The van der Waals surface area contributed by atoms with Crippen molar-refractivity contribution in [2.75, 3.05) is 24.2 Å². The lowest BCUT2D eigenvalue weighted by Crippen LogP contribution is -2.45. The third kappa shape index (κ3) is 4.17. The van der Waals surface area contributed by atoms with Gasteiger partial charge in [-0.25, -0.2) is 0 Å². The Balaban J connectivity index is 1.74. The van der Waals surface area contributed by atoms with Crippen LogP contribution in [0.5, 0.6) is 0 Å². The van der Waals surface area contributed by atoms with Crippen LogP contribution in [0.3, 0.4) is 0 Å². The molecule has 3 rings (SSSR count). The van der Waals surface area contributed by atoms with Gasteiger partial charge in [-0.05, 0) is 48.2 Å². The normalized spacial score (nSPS) is 15.2. The molecule has 0 radical (unpaired) electrons. The minimum absolute atomic E-state index is 0.0722. The number of hydrogen-bond acceptors (Lipinski definition) is 4. The second-order valence-electron chi connectivity index (χ2n) is 6.77. The first kappa shape index (κ1) is 19.5. The summed E-state index contributed by atoms with van der Waals surface area (Å²) in [5.74, 6) is 0.393. The molecule has 0 spiro atoms. The summed E-state index contributed by atoms with van der Waals surface area (Å²) in [6, 6.07) is 9.77. The Morgan fingerprint density at radius 3 is 2.15 bits per heavy atom. The molecule has 0 N–H and O–H groups in total. The molecule has 0 unspecified atom stereocenters. The van der Waals surface area contributed by atoms with Crippen LogP contribution < -0.4 is 4.90 Å². The van der Waals surface area contributed by atoms with Gasteiger partial charge in [0.2, 0.25) is 0 Å². The maximum absolute atomic E-state index is 11.2. The van der Waals surface area contributed by atoms with Gasteiger partial charge in [0.15, 0.2) is 0 Å². The van der Waals surface area contributed by atoms with E-state index in [0.717, 1.165) is 41.7 Å². The van der Waals surface area contributed by atoms with Gasteiger partial charge < -0.3 is 4.90 Å². The Morgan fingerprint density at radius 2 is 1.65 bits per heavy atom. The van der Waals surface area contributed by atoms with Gasteiger partial charge in [-0.15, -0.1) is 0 Å². The topological polar surface area (TPSA) is 46.6 Å². The molecule has 26 heavy (non-hydrogen) atoms. The summed E-state index contributed by atoms with van der Waals surface area (Å²) in [4.78, 5) is 2.18. The number of aryl methyl sites for hydroxylation is 2. The highest BCUT2D eigenvalue weighted by atomic mass is 35.5. The highest BCUT2D eigenvalue weighted by Gasteiger charge is 2.31. The summed E-state index contributed by atoms with van der Waals surface area (Å²) in [5.41, 5.74) is 5.13. The zero-order valence-corrected chi connectivity index (χ0v) is 17.2. The van der Waals surface area contributed by atoms with E-state index in [2.05, 4.69) is 17.0 Å². The van der Waals surface area contributed by atoms with Crippen LogP contribution in [0.4, 0.5) is 5.69 Å². The highest BCUT2D eigenvalue weighted by molar-refractivity contribution is 7.85. The molecule has 140 valence electrons. The molecule has 0 amide bonds. The Labute approximate surface area is 164 Å². The largest absolute Gasteiger partial charge is 0.368 e. The van der Waals surface area contributed by atoms with Crippen LogP contribution in [0.1, 0.15) is 28.2 Å². The van der Waals surface area contributed by atoms with E-state index in [4.69, 9.17) is 27.4 Å². The Morgan fingerprint density at radius 1 is 1.12 bits per heavy atom. The third-order valence-corrected chi connectivity index (χ3v) is 5.90. The molecule has 1 aliphatic heterocycles. The number of benzene rings is 2. The minimum Gasteiger partial charge on any atom is -0.368 e. The maximum atomic E-state index is 11.2. The van der Waals surface area contributed by atoms with Crippen LogP contribution in [0, 0.1) is 13.8 Å². The van der Waals surface area contributed by atoms with E-state index in [1.165, 1.54) is 5.56 Å². The number of halogens is 2. The average molecular weight is 414 g/mol. The van der Waals surface area contributed by atoms with Gasteiger partial charge >= 0.3 is 0 Å². The first-order chi connectivity index (χ1) is 12.2. The molecule has 1 heterocycles. The predicted molar refractivity (Wildman–Crippen MR) is 107 cm³/mol. The lowest BCUT2D eigenvalue weighted by molar-refractivity contribution is 0.310. The molecular weight excluding hydrogens is 393 g/mol. The summed E-state index contributed by atoms with van der Waals surface area (Å²) in [6.07, 6.45) is 1.06. The Bertz CT molecular complexity index is 895. The van der Waals surface area contributed by atoms with E-state index in [9.17, 15) is 8.42 Å². The van der Waals surface area contributed by atoms with Crippen molar-refractivity contribution >= 4 is 39.0 Å². The van der Waals surface area contributed by atoms with E-state index in [1.807, 2.05) is 32.0 Å². The lowest BCUT2D eigenvalue weighted by Gasteiger charge is -2.42. The van der Waals surface area contributed by atoms with Gasteiger partial charge in [0.25, 0.3) is 10.1 Å². The second kappa shape index (κ2) is 7.39. The fourth-order valence-corrected chi connectivity index (χ4v) is 4.29. The zero-order chi connectivity index (χ0) is 19.1. The van der Waals surface area contributed by atoms with Gasteiger partial charge in [-0.3, -0.25) is 4.18 Å². The smallest absolute Gasteiger partial charge is 0.264 e. The SMILES string of the molecule is Cc1cc(C2CN(c3c(Cl)cccc3Cl)C2)cc(C)c1COS(C)(=O)=O. The van der Waals surface area contributed by atoms with Gasteiger partial charge in [-0.1, -0.05) is 41.4 Å². The van der Waals surface area contributed by atoms with E-state index >= 15 is 0 Å². The number of anilines is 1. The van der Waals surface area contributed by atoms with Gasteiger partial charge in [-0.2, -0.15) is 8.42 Å². The molecule has 4 nitrogen and oxygen atoms in total. The van der Waals surface area contributed by atoms with Crippen molar-refractivity contribution < 1.29 is 12.6 Å². The summed E-state index contributed by atoms with van der Waals surface area (Å²) in [7, 11) is -3.45. The molecule has 0 aliphatic carbocycles. The van der Waals surface area contributed by atoms with E-state index in [1.54, 1.807) is 0 Å². The first-order valence-electron chi connectivity index (χ1n) is 8.29. The van der Waals surface area contributed by atoms with Crippen molar-refractivity contribution in [3.05, 3.63) is 62.6 Å². The zero-order valence-electron chi connectivity index (χ0n) is 14.9. The van der Waals surface area contributed by atoms with E-state index < -0.39 is 10.1 Å². The number of rotatable bonds is 5. The molecule has 2 aromatic rings. The first-order valence-corrected chi connectivity index (χ1v) is 10.9. The minimum atomic E-state index is -3.45. The predicted octanol–water partition coefficient (Wildman–Crippen LogP) is 4.69. The Kier molecular flexibility index (Phi) is 5.54. The number of para-hydroxylation sites is 1. The summed E-state index contributed by atoms with van der Waals surface area (Å²) >= 11 is 12.6. The second-order valence-corrected chi connectivity index (χ2v) is 9.23. The van der Waals surface area contributed by atoms with Crippen LogP contribution in [0.2, 0.25) is 10.0 Å². The van der Waals surface area contributed by atoms with Crippen LogP contribution in [0.15, 0.2) is 30.3 Å². The number of nitrogens with zero attached hydrogens (tertiary/aromatic N) is 1. The van der Waals surface area contributed by atoms with Crippen LogP contribution in [-0.4, -0.2) is 27.8 Å². The van der Waals surface area contributed by atoms with Gasteiger partial charge in [0.1, 0.15) is 0 Å². The summed E-state index contributed by atoms with van der Waals surface area (Å²) in [5, 5.41) is 1.33.